The highest BCUT2D eigenvalue weighted by atomic mass is 15.3. The van der Waals surface area contributed by atoms with Crippen molar-refractivity contribution < 1.29 is 0 Å². The monoisotopic (exact) mass is 161 g/mol. The number of nitrogens with one attached hydrogen (secondary N) is 2. The van der Waals surface area contributed by atoms with Crippen LogP contribution in [0.25, 0.3) is 0 Å². The third kappa shape index (κ3) is 2.06. The third-order valence-corrected chi connectivity index (χ3v) is 1.55. The Kier molecular flexibility index (Phi) is 3.27. The molecule has 0 amide bonds. The van der Waals surface area contributed by atoms with Gasteiger partial charge < -0.3 is 0 Å². The summed E-state index contributed by atoms with van der Waals surface area (Å²) in [6.07, 6.45) is 0. The van der Waals surface area contributed by atoms with Gasteiger partial charge in [-0.1, -0.05) is 30.3 Å². The van der Waals surface area contributed by atoms with E-state index in [9.17, 15) is 0 Å². The predicted octanol–water partition coefficient (Wildman–Crippen LogP) is 0.975. The molecule has 12 heavy (non-hydrogen) atoms. The topological polar surface area (TPSA) is 47.8 Å². The van der Waals surface area contributed by atoms with E-state index in [1.165, 1.54) is 0 Å². The molecule has 0 heterocycles. The Labute approximate surface area is 72.0 Å². The van der Waals surface area contributed by atoms with Crippen LogP contribution in [0.4, 0.5) is 0 Å². The Balaban J connectivity index is 2.75. The summed E-state index contributed by atoms with van der Waals surface area (Å²) in [6.45, 7) is 0. The SMILES string of the molecule is CNNC(C#N)c1ccccc1. The van der Waals surface area contributed by atoms with Crippen molar-refractivity contribution in [1.29, 1.82) is 5.26 Å². The van der Waals surface area contributed by atoms with Gasteiger partial charge in [0.05, 0.1) is 6.07 Å². The molecular weight excluding hydrogens is 150 g/mol. The highest BCUT2D eigenvalue weighted by Crippen LogP contribution is 2.09. The maximum Gasteiger partial charge on any atom is 0.133 e. The number of hydrogen-bond donors (Lipinski definition) is 2. The van der Waals surface area contributed by atoms with Crippen LogP contribution in [0.3, 0.4) is 0 Å². The van der Waals surface area contributed by atoms with E-state index in [-0.39, 0.29) is 6.04 Å². The van der Waals surface area contributed by atoms with E-state index < -0.39 is 0 Å². The normalized spacial score (nSPS) is 12.0. The molecular formula is C9H11N3. The minimum atomic E-state index is -0.281. The van der Waals surface area contributed by atoms with E-state index in [0.717, 1.165) is 5.56 Å². The van der Waals surface area contributed by atoms with Crippen LogP contribution >= 0.6 is 0 Å². The lowest BCUT2D eigenvalue weighted by Gasteiger charge is -2.09. The fourth-order valence-electron chi connectivity index (χ4n) is 0.980. The predicted molar refractivity (Wildman–Crippen MR) is 47.0 cm³/mol. The van der Waals surface area contributed by atoms with Gasteiger partial charge in [-0.05, 0) is 12.6 Å². The summed E-state index contributed by atoms with van der Waals surface area (Å²) in [4.78, 5) is 0. The molecule has 3 nitrogen and oxygen atoms in total. The molecule has 1 rings (SSSR count). The summed E-state index contributed by atoms with van der Waals surface area (Å²) in [5, 5.41) is 8.76. The van der Waals surface area contributed by atoms with Gasteiger partial charge in [0, 0.05) is 0 Å². The molecule has 1 aromatic carbocycles. The van der Waals surface area contributed by atoms with E-state index >= 15 is 0 Å². The van der Waals surface area contributed by atoms with Crippen molar-refractivity contribution in [3.63, 3.8) is 0 Å². The summed E-state index contributed by atoms with van der Waals surface area (Å²) < 4.78 is 0. The Morgan fingerprint density at radius 1 is 1.33 bits per heavy atom. The molecule has 0 saturated heterocycles. The zero-order chi connectivity index (χ0) is 8.81. The molecule has 1 aromatic rings. The minimum absolute atomic E-state index is 0.281. The summed E-state index contributed by atoms with van der Waals surface area (Å²) in [5.41, 5.74) is 6.55. The van der Waals surface area contributed by atoms with Crippen molar-refractivity contribution in [3.05, 3.63) is 35.9 Å². The first-order valence-electron chi connectivity index (χ1n) is 3.75. The molecule has 0 fully saturated rings. The lowest BCUT2D eigenvalue weighted by molar-refractivity contribution is 0.549. The van der Waals surface area contributed by atoms with Crippen molar-refractivity contribution in [3.8, 4) is 6.07 Å². The Hall–Kier alpha value is -1.37. The van der Waals surface area contributed by atoms with Gasteiger partial charge >= 0.3 is 0 Å². The van der Waals surface area contributed by atoms with Crippen molar-refractivity contribution in [2.75, 3.05) is 7.05 Å². The fraction of sp³-hybridized carbons (Fsp3) is 0.222. The zero-order valence-electron chi connectivity index (χ0n) is 6.91. The lowest BCUT2D eigenvalue weighted by atomic mass is 10.1. The van der Waals surface area contributed by atoms with Gasteiger partial charge in [0.25, 0.3) is 0 Å². The third-order valence-electron chi connectivity index (χ3n) is 1.55. The summed E-state index contributed by atoms with van der Waals surface area (Å²) in [7, 11) is 1.74. The molecule has 0 spiro atoms. The van der Waals surface area contributed by atoms with E-state index in [1.54, 1.807) is 7.05 Å². The van der Waals surface area contributed by atoms with Gasteiger partial charge in [0.15, 0.2) is 0 Å². The van der Waals surface area contributed by atoms with Crippen molar-refractivity contribution >= 4 is 0 Å². The van der Waals surface area contributed by atoms with E-state index in [1.807, 2.05) is 30.3 Å². The number of hydrazine groups is 1. The Morgan fingerprint density at radius 3 is 2.50 bits per heavy atom. The Morgan fingerprint density at radius 2 is 2.00 bits per heavy atom. The second-order valence-electron chi connectivity index (χ2n) is 2.37. The van der Waals surface area contributed by atoms with Crippen LogP contribution in [-0.2, 0) is 0 Å². The van der Waals surface area contributed by atoms with E-state index in [2.05, 4.69) is 16.9 Å². The second-order valence-corrected chi connectivity index (χ2v) is 2.37. The minimum Gasteiger partial charge on any atom is -0.259 e. The summed E-state index contributed by atoms with van der Waals surface area (Å²) in [6, 6.07) is 11.4. The van der Waals surface area contributed by atoms with Crippen LogP contribution in [0.5, 0.6) is 0 Å². The average molecular weight is 161 g/mol. The lowest BCUT2D eigenvalue weighted by Crippen LogP contribution is -2.31. The maximum absolute atomic E-state index is 8.76. The molecule has 1 unspecified atom stereocenters. The fourth-order valence-corrected chi connectivity index (χ4v) is 0.980. The highest BCUT2D eigenvalue weighted by molar-refractivity contribution is 5.23. The van der Waals surface area contributed by atoms with Gasteiger partial charge in [-0.3, -0.25) is 5.43 Å². The average Bonchev–Trinajstić information content (AvgIpc) is 2.15. The van der Waals surface area contributed by atoms with Crippen LogP contribution in [0, 0.1) is 11.3 Å². The largest absolute Gasteiger partial charge is 0.259 e. The summed E-state index contributed by atoms with van der Waals surface area (Å²) in [5.74, 6) is 0. The van der Waals surface area contributed by atoms with Crippen LogP contribution in [-0.4, -0.2) is 7.05 Å². The van der Waals surface area contributed by atoms with E-state index in [4.69, 9.17) is 5.26 Å². The number of nitrogens with zero attached hydrogens (tertiary/aromatic N) is 1. The maximum atomic E-state index is 8.76. The number of hydrogen-bond acceptors (Lipinski definition) is 3. The van der Waals surface area contributed by atoms with Crippen LogP contribution in [0.2, 0.25) is 0 Å². The molecule has 2 N–H and O–H groups in total. The molecule has 0 saturated carbocycles. The van der Waals surface area contributed by atoms with E-state index in [0.29, 0.717) is 0 Å². The molecule has 0 aliphatic heterocycles. The molecule has 0 aliphatic rings. The number of benzene rings is 1. The Bertz CT molecular complexity index is 263. The van der Waals surface area contributed by atoms with Gasteiger partial charge in [-0.15, -0.1) is 0 Å². The van der Waals surface area contributed by atoms with Crippen LogP contribution in [0.15, 0.2) is 30.3 Å². The number of nitriles is 1. The molecule has 0 aliphatic carbocycles. The van der Waals surface area contributed by atoms with Crippen LogP contribution in [0.1, 0.15) is 11.6 Å². The zero-order valence-corrected chi connectivity index (χ0v) is 6.91. The highest BCUT2D eigenvalue weighted by Gasteiger charge is 2.06. The first kappa shape index (κ1) is 8.72. The second kappa shape index (κ2) is 4.50. The van der Waals surface area contributed by atoms with Crippen molar-refractivity contribution in [2.45, 2.75) is 6.04 Å². The van der Waals surface area contributed by atoms with Gasteiger partial charge in [-0.25, -0.2) is 5.43 Å². The quantitative estimate of drug-likeness (QED) is 0.649. The van der Waals surface area contributed by atoms with Crippen LogP contribution < -0.4 is 10.9 Å². The molecule has 62 valence electrons. The molecule has 0 bridgehead atoms. The van der Waals surface area contributed by atoms with Gasteiger partial charge in [0.1, 0.15) is 6.04 Å². The molecule has 1 atom stereocenters. The van der Waals surface area contributed by atoms with Crippen molar-refractivity contribution in [2.24, 2.45) is 0 Å². The smallest absolute Gasteiger partial charge is 0.133 e. The first-order chi connectivity index (χ1) is 5.88. The molecule has 3 heteroatoms. The first-order valence-corrected chi connectivity index (χ1v) is 3.75. The van der Waals surface area contributed by atoms with Crippen molar-refractivity contribution in [1.82, 2.24) is 10.9 Å². The summed E-state index contributed by atoms with van der Waals surface area (Å²) >= 11 is 0. The number of rotatable bonds is 3. The molecule has 0 aromatic heterocycles. The van der Waals surface area contributed by atoms with Gasteiger partial charge in [0.2, 0.25) is 0 Å². The molecule has 0 radical (unpaired) electrons. The van der Waals surface area contributed by atoms with Gasteiger partial charge in [-0.2, -0.15) is 5.26 Å². The standard InChI is InChI=1S/C9H11N3/c1-11-12-9(7-10)8-5-3-2-4-6-8/h2-6,9,11-12H,1H3.